The molecule has 2 rings (SSSR count). The molecule has 3 N–H and O–H groups in total. The van der Waals surface area contributed by atoms with Gasteiger partial charge in [0.15, 0.2) is 0 Å². The van der Waals surface area contributed by atoms with Crippen molar-refractivity contribution < 1.29 is 0 Å². The van der Waals surface area contributed by atoms with Crippen LogP contribution in [0.15, 0.2) is 23.7 Å². The van der Waals surface area contributed by atoms with Crippen LogP contribution in [0.4, 0.5) is 0 Å². The Bertz CT molecular complexity index is 423. The van der Waals surface area contributed by atoms with Gasteiger partial charge in [0.2, 0.25) is 0 Å². The number of H-pyrrole nitrogens is 1. The summed E-state index contributed by atoms with van der Waals surface area (Å²) in [6.07, 6.45) is 2.72. The first kappa shape index (κ1) is 10.4. The summed E-state index contributed by atoms with van der Waals surface area (Å²) in [5, 5.41) is 3.15. The van der Waals surface area contributed by atoms with Gasteiger partial charge in [-0.2, -0.15) is 0 Å². The van der Waals surface area contributed by atoms with Gasteiger partial charge in [-0.3, -0.25) is 0 Å². The Morgan fingerprint density at radius 1 is 1.53 bits per heavy atom. The number of hydrogen-bond donors (Lipinski definition) is 2. The molecule has 0 aromatic carbocycles. The van der Waals surface area contributed by atoms with Gasteiger partial charge in [0, 0.05) is 23.5 Å². The van der Waals surface area contributed by atoms with Gasteiger partial charge in [-0.15, -0.1) is 11.3 Å². The van der Waals surface area contributed by atoms with Crippen molar-refractivity contribution in [2.24, 2.45) is 5.73 Å². The molecule has 0 unspecified atom stereocenters. The normalized spacial score (nSPS) is 11.9. The molecule has 0 bridgehead atoms. The van der Waals surface area contributed by atoms with Crippen molar-refractivity contribution in [3.63, 3.8) is 0 Å². The van der Waals surface area contributed by atoms with Gasteiger partial charge < -0.3 is 10.7 Å². The standard InChI is InChI=1S/C11H15N3S/c1-11(2,12)6-10-14-9(7-15-10)8-4-3-5-13-8/h3-5,7,13H,6,12H2,1-2H3. The van der Waals surface area contributed by atoms with Crippen LogP contribution in [0.3, 0.4) is 0 Å². The number of aromatic amines is 1. The highest BCUT2D eigenvalue weighted by Crippen LogP contribution is 2.22. The Hall–Kier alpha value is -1.13. The number of nitrogens with two attached hydrogens (primary N) is 1. The Morgan fingerprint density at radius 3 is 2.93 bits per heavy atom. The van der Waals surface area contributed by atoms with E-state index in [2.05, 4.69) is 15.3 Å². The van der Waals surface area contributed by atoms with E-state index in [0.717, 1.165) is 22.8 Å². The lowest BCUT2D eigenvalue weighted by Gasteiger charge is -2.15. The molecule has 2 aromatic rings. The lowest BCUT2D eigenvalue weighted by atomic mass is 10.0. The topological polar surface area (TPSA) is 54.7 Å². The van der Waals surface area contributed by atoms with Gasteiger partial charge in [0.1, 0.15) is 0 Å². The molecule has 0 fully saturated rings. The smallest absolute Gasteiger partial charge is 0.0976 e. The predicted molar refractivity (Wildman–Crippen MR) is 63.9 cm³/mol. The molecule has 4 heteroatoms. The molecular weight excluding hydrogens is 206 g/mol. The molecule has 0 saturated heterocycles. The first-order valence-electron chi connectivity index (χ1n) is 4.92. The SMILES string of the molecule is CC(C)(N)Cc1nc(-c2ccc[nH]2)cs1. The summed E-state index contributed by atoms with van der Waals surface area (Å²) >= 11 is 1.66. The van der Waals surface area contributed by atoms with Crippen molar-refractivity contribution in [2.45, 2.75) is 25.8 Å². The van der Waals surface area contributed by atoms with Crippen molar-refractivity contribution in [1.29, 1.82) is 0 Å². The summed E-state index contributed by atoms with van der Waals surface area (Å²) in [4.78, 5) is 7.69. The van der Waals surface area contributed by atoms with E-state index in [9.17, 15) is 0 Å². The number of hydrogen-bond acceptors (Lipinski definition) is 3. The van der Waals surface area contributed by atoms with E-state index in [1.54, 1.807) is 11.3 Å². The van der Waals surface area contributed by atoms with E-state index in [1.165, 1.54) is 0 Å². The predicted octanol–water partition coefficient (Wildman–Crippen LogP) is 2.42. The van der Waals surface area contributed by atoms with Crippen LogP contribution < -0.4 is 5.73 Å². The summed E-state index contributed by atoms with van der Waals surface area (Å²) in [7, 11) is 0. The maximum absolute atomic E-state index is 5.95. The largest absolute Gasteiger partial charge is 0.360 e. The zero-order chi connectivity index (χ0) is 10.9. The molecule has 0 aliphatic carbocycles. The zero-order valence-electron chi connectivity index (χ0n) is 8.95. The van der Waals surface area contributed by atoms with E-state index in [4.69, 9.17) is 5.73 Å². The van der Waals surface area contributed by atoms with Crippen LogP contribution in [-0.4, -0.2) is 15.5 Å². The first-order chi connectivity index (χ1) is 7.04. The maximum atomic E-state index is 5.95. The average molecular weight is 221 g/mol. The lowest BCUT2D eigenvalue weighted by molar-refractivity contribution is 0.515. The average Bonchev–Trinajstić information content (AvgIpc) is 2.68. The Kier molecular flexibility index (Phi) is 2.63. The minimum Gasteiger partial charge on any atom is -0.360 e. The van der Waals surface area contributed by atoms with Gasteiger partial charge in [-0.05, 0) is 26.0 Å². The molecule has 15 heavy (non-hydrogen) atoms. The number of nitrogens with zero attached hydrogens (tertiary/aromatic N) is 1. The molecule has 0 spiro atoms. The highest BCUT2D eigenvalue weighted by Gasteiger charge is 2.14. The molecule has 2 heterocycles. The zero-order valence-corrected chi connectivity index (χ0v) is 9.77. The number of nitrogens with one attached hydrogen (secondary N) is 1. The molecular formula is C11H15N3S. The third-order valence-corrected chi connectivity index (χ3v) is 2.88. The van der Waals surface area contributed by atoms with Crippen LogP contribution in [0.25, 0.3) is 11.4 Å². The van der Waals surface area contributed by atoms with Crippen LogP contribution in [0, 0.1) is 0 Å². The van der Waals surface area contributed by atoms with Gasteiger partial charge in [0.25, 0.3) is 0 Å². The molecule has 2 aromatic heterocycles. The molecule has 0 aliphatic heterocycles. The van der Waals surface area contributed by atoms with Gasteiger partial charge in [-0.1, -0.05) is 0 Å². The Morgan fingerprint density at radius 2 is 2.33 bits per heavy atom. The molecule has 0 atom stereocenters. The molecule has 0 amide bonds. The second-order valence-corrected chi connectivity index (χ2v) is 5.32. The highest BCUT2D eigenvalue weighted by atomic mass is 32.1. The second kappa shape index (κ2) is 3.79. The van der Waals surface area contributed by atoms with Crippen LogP contribution in [-0.2, 0) is 6.42 Å². The van der Waals surface area contributed by atoms with Crippen LogP contribution >= 0.6 is 11.3 Å². The molecule has 0 saturated carbocycles. The van der Waals surface area contributed by atoms with E-state index >= 15 is 0 Å². The van der Waals surface area contributed by atoms with Crippen LogP contribution in [0.5, 0.6) is 0 Å². The summed E-state index contributed by atoms with van der Waals surface area (Å²) in [6, 6.07) is 3.99. The highest BCUT2D eigenvalue weighted by molar-refractivity contribution is 7.09. The minimum absolute atomic E-state index is 0.190. The third-order valence-electron chi connectivity index (χ3n) is 2.03. The summed E-state index contributed by atoms with van der Waals surface area (Å²) in [6.45, 7) is 4.03. The van der Waals surface area contributed by atoms with E-state index < -0.39 is 0 Å². The van der Waals surface area contributed by atoms with Crippen molar-refractivity contribution in [3.8, 4) is 11.4 Å². The number of rotatable bonds is 3. The fourth-order valence-corrected chi connectivity index (χ4v) is 2.43. The molecule has 0 aliphatic rings. The molecule has 0 radical (unpaired) electrons. The quantitative estimate of drug-likeness (QED) is 0.836. The van der Waals surface area contributed by atoms with Crippen molar-refractivity contribution in [3.05, 3.63) is 28.7 Å². The second-order valence-electron chi connectivity index (χ2n) is 4.38. The van der Waals surface area contributed by atoms with Crippen molar-refractivity contribution >= 4 is 11.3 Å². The van der Waals surface area contributed by atoms with E-state index in [1.807, 2.05) is 32.2 Å². The van der Waals surface area contributed by atoms with Crippen LogP contribution in [0.2, 0.25) is 0 Å². The molecule has 80 valence electrons. The minimum atomic E-state index is -0.190. The number of thiazole rings is 1. The fraction of sp³-hybridized carbons (Fsp3) is 0.364. The Balaban J connectivity index is 2.18. The monoisotopic (exact) mass is 221 g/mol. The first-order valence-corrected chi connectivity index (χ1v) is 5.80. The van der Waals surface area contributed by atoms with Crippen molar-refractivity contribution in [2.75, 3.05) is 0 Å². The lowest BCUT2D eigenvalue weighted by Crippen LogP contribution is -2.34. The summed E-state index contributed by atoms with van der Waals surface area (Å²) in [5.74, 6) is 0. The van der Waals surface area contributed by atoms with E-state index in [-0.39, 0.29) is 5.54 Å². The fourth-order valence-electron chi connectivity index (χ4n) is 1.40. The van der Waals surface area contributed by atoms with E-state index in [0.29, 0.717) is 0 Å². The number of aromatic nitrogens is 2. The maximum Gasteiger partial charge on any atom is 0.0976 e. The van der Waals surface area contributed by atoms with Gasteiger partial charge >= 0.3 is 0 Å². The summed E-state index contributed by atoms with van der Waals surface area (Å²) < 4.78 is 0. The molecule has 3 nitrogen and oxygen atoms in total. The van der Waals surface area contributed by atoms with Crippen LogP contribution in [0.1, 0.15) is 18.9 Å². The Labute approximate surface area is 93.4 Å². The summed E-state index contributed by atoms with van der Waals surface area (Å²) in [5.41, 5.74) is 7.83. The van der Waals surface area contributed by atoms with Gasteiger partial charge in [0.05, 0.1) is 16.4 Å². The van der Waals surface area contributed by atoms with Crippen molar-refractivity contribution in [1.82, 2.24) is 9.97 Å². The van der Waals surface area contributed by atoms with Gasteiger partial charge in [-0.25, -0.2) is 4.98 Å². The third kappa shape index (κ3) is 2.67.